The minimum absolute atomic E-state index is 0.148. The Hall–Kier alpha value is -3.97. The van der Waals surface area contributed by atoms with E-state index in [2.05, 4.69) is 15.3 Å². The number of hydrogen-bond donors (Lipinski definition) is 3. The van der Waals surface area contributed by atoms with Crippen molar-refractivity contribution in [3.8, 4) is 0 Å². The summed E-state index contributed by atoms with van der Waals surface area (Å²) in [6.45, 7) is 0.536. The minimum atomic E-state index is -0.712. The van der Waals surface area contributed by atoms with Crippen LogP contribution >= 0.6 is 0 Å². The van der Waals surface area contributed by atoms with Gasteiger partial charge in [-0.2, -0.15) is 0 Å². The van der Waals surface area contributed by atoms with Gasteiger partial charge in [-0.1, -0.05) is 54.6 Å². The molecule has 3 unspecified atom stereocenters. The van der Waals surface area contributed by atoms with Gasteiger partial charge < -0.3 is 20.9 Å². The minimum Gasteiger partial charge on any atom is -0.361 e. The Balaban J connectivity index is 1.29. The molecule has 1 aliphatic rings. The van der Waals surface area contributed by atoms with Crippen molar-refractivity contribution < 1.29 is 9.59 Å². The largest absolute Gasteiger partial charge is 0.361 e. The summed E-state index contributed by atoms with van der Waals surface area (Å²) in [6, 6.07) is 22.1. The predicted octanol–water partition coefficient (Wildman–Crippen LogP) is 3.52. The molecule has 5 rings (SSSR count). The number of aromatic amines is 1. The molecule has 2 amide bonds. The number of fused-ring (bicyclic) bond motifs is 1. The molecule has 1 fully saturated rings. The van der Waals surface area contributed by atoms with Crippen LogP contribution in [0, 0.1) is 0 Å². The van der Waals surface area contributed by atoms with E-state index in [-0.39, 0.29) is 17.9 Å². The van der Waals surface area contributed by atoms with Crippen LogP contribution in [0.5, 0.6) is 0 Å². The number of likely N-dealkylation sites (tertiary alicyclic amines) is 1. The molecular formula is C29H31N5O2. The summed E-state index contributed by atoms with van der Waals surface area (Å²) < 4.78 is 0. The molecule has 2 aromatic carbocycles. The third-order valence-electron chi connectivity index (χ3n) is 6.93. The number of benzene rings is 2. The molecule has 184 valence electrons. The average Bonchev–Trinajstić information content (AvgIpc) is 3.57. The normalized spacial score (nSPS) is 17.1. The number of rotatable bonds is 8. The van der Waals surface area contributed by atoms with Crippen molar-refractivity contribution in [3.05, 3.63) is 102 Å². The topological polar surface area (TPSA) is 104 Å². The Morgan fingerprint density at radius 3 is 2.61 bits per heavy atom. The molecule has 1 saturated heterocycles. The number of nitrogens with one attached hydrogen (secondary N) is 2. The summed E-state index contributed by atoms with van der Waals surface area (Å²) in [6.07, 6.45) is 6.05. The number of para-hydroxylation sites is 1. The van der Waals surface area contributed by atoms with Crippen LogP contribution < -0.4 is 11.1 Å². The Labute approximate surface area is 210 Å². The Morgan fingerprint density at radius 2 is 1.81 bits per heavy atom. The zero-order valence-corrected chi connectivity index (χ0v) is 20.1. The van der Waals surface area contributed by atoms with Gasteiger partial charge in [0.25, 0.3) is 0 Å². The second kappa shape index (κ2) is 10.7. The molecule has 0 spiro atoms. The quantitative estimate of drug-likeness (QED) is 0.358. The highest BCUT2D eigenvalue weighted by molar-refractivity contribution is 5.91. The van der Waals surface area contributed by atoms with Crippen molar-refractivity contribution in [1.82, 2.24) is 20.2 Å². The van der Waals surface area contributed by atoms with E-state index >= 15 is 0 Å². The second-order valence-electron chi connectivity index (χ2n) is 9.36. The smallest absolute Gasteiger partial charge is 0.243 e. The molecule has 3 atom stereocenters. The highest BCUT2D eigenvalue weighted by Crippen LogP contribution is 2.24. The fourth-order valence-electron chi connectivity index (χ4n) is 5.07. The molecule has 7 heteroatoms. The van der Waals surface area contributed by atoms with Crippen molar-refractivity contribution in [2.75, 3.05) is 6.54 Å². The van der Waals surface area contributed by atoms with Crippen molar-refractivity contribution in [2.24, 2.45) is 5.73 Å². The van der Waals surface area contributed by atoms with Crippen LogP contribution in [0.15, 0.2) is 85.2 Å². The maximum absolute atomic E-state index is 13.5. The number of carbonyl (C=O) groups excluding carboxylic acids is 2. The van der Waals surface area contributed by atoms with E-state index in [1.54, 1.807) is 11.1 Å². The van der Waals surface area contributed by atoms with Gasteiger partial charge in [-0.05, 0) is 48.6 Å². The summed E-state index contributed by atoms with van der Waals surface area (Å²) in [7, 11) is 0. The van der Waals surface area contributed by atoms with Crippen molar-refractivity contribution in [3.63, 3.8) is 0 Å². The summed E-state index contributed by atoms with van der Waals surface area (Å²) in [5.41, 5.74) is 10.3. The maximum atomic E-state index is 13.5. The number of nitrogens with two attached hydrogens (primary N) is 1. The Morgan fingerprint density at radius 1 is 1.03 bits per heavy atom. The van der Waals surface area contributed by atoms with Crippen LogP contribution in [0.1, 0.15) is 35.7 Å². The van der Waals surface area contributed by atoms with Crippen molar-refractivity contribution in [1.29, 1.82) is 0 Å². The first kappa shape index (κ1) is 23.8. The van der Waals surface area contributed by atoms with Crippen LogP contribution in [-0.2, 0) is 22.4 Å². The first-order valence-electron chi connectivity index (χ1n) is 12.5. The molecule has 0 bridgehead atoms. The third kappa shape index (κ3) is 5.16. The summed E-state index contributed by atoms with van der Waals surface area (Å²) in [5.74, 6) is -0.330. The molecular weight excluding hydrogens is 450 g/mol. The molecule has 0 aliphatic carbocycles. The van der Waals surface area contributed by atoms with Gasteiger partial charge in [-0.15, -0.1) is 0 Å². The molecule has 7 nitrogen and oxygen atoms in total. The van der Waals surface area contributed by atoms with Crippen LogP contribution in [0.2, 0.25) is 0 Å². The monoisotopic (exact) mass is 481 g/mol. The van der Waals surface area contributed by atoms with Crippen LogP contribution in [0.3, 0.4) is 0 Å². The van der Waals surface area contributed by atoms with Gasteiger partial charge in [0, 0.05) is 42.0 Å². The van der Waals surface area contributed by atoms with Crippen LogP contribution in [-0.4, -0.2) is 45.3 Å². The van der Waals surface area contributed by atoms with Gasteiger partial charge in [-0.3, -0.25) is 14.6 Å². The van der Waals surface area contributed by atoms with E-state index in [0.717, 1.165) is 34.1 Å². The van der Waals surface area contributed by atoms with E-state index in [9.17, 15) is 9.59 Å². The summed E-state index contributed by atoms with van der Waals surface area (Å²) in [5, 5.41) is 4.27. The lowest BCUT2D eigenvalue weighted by atomic mass is 10.0. The molecule has 36 heavy (non-hydrogen) atoms. The van der Waals surface area contributed by atoms with Gasteiger partial charge in [0.2, 0.25) is 11.8 Å². The third-order valence-corrected chi connectivity index (χ3v) is 6.93. The summed E-state index contributed by atoms with van der Waals surface area (Å²) >= 11 is 0. The first-order chi connectivity index (χ1) is 17.6. The maximum Gasteiger partial charge on any atom is 0.243 e. The van der Waals surface area contributed by atoms with Gasteiger partial charge in [0.05, 0.1) is 12.1 Å². The number of carbonyl (C=O) groups is 2. The predicted molar refractivity (Wildman–Crippen MR) is 140 cm³/mol. The van der Waals surface area contributed by atoms with Gasteiger partial charge in [0.1, 0.15) is 6.04 Å². The van der Waals surface area contributed by atoms with E-state index in [1.807, 2.05) is 79.0 Å². The number of hydrogen-bond acceptors (Lipinski definition) is 4. The number of H-pyrrole nitrogens is 1. The average molecular weight is 482 g/mol. The Bertz CT molecular complexity index is 1320. The number of pyridine rings is 1. The molecule has 1 aliphatic heterocycles. The summed E-state index contributed by atoms with van der Waals surface area (Å²) in [4.78, 5) is 36.2. The fraction of sp³-hybridized carbons (Fsp3) is 0.276. The first-order valence-corrected chi connectivity index (χ1v) is 12.5. The zero-order chi connectivity index (χ0) is 24.9. The van der Waals surface area contributed by atoms with E-state index in [4.69, 9.17) is 5.73 Å². The Kier molecular flexibility index (Phi) is 7.09. The molecule has 2 aromatic heterocycles. The van der Waals surface area contributed by atoms with E-state index < -0.39 is 12.1 Å². The van der Waals surface area contributed by atoms with Gasteiger partial charge in [-0.25, -0.2) is 0 Å². The lowest BCUT2D eigenvalue weighted by Crippen LogP contribution is -2.52. The second-order valence-corrected chi connectivity index (χ2v) is 9.36. The van der Waals surface area contributed by atoms with Crippen LogP contribution in [0.25, 0.3) is 10.9 Å². The standard InChI is InChI=1S/C29H31N5O2/c30-24(17-21-19-32-25-13-5-4-12-23(21)25)29(36)34-16-8-14-27(34)28(35)33-26(20-9-2-1-3-10-20)18-22-11-6-7-15-31-22/h1-7,9-13,15,19,24,26-27,32H,8,14,16-18,30H2,(H,33,35). The van der Waals surface area contributed by atoms with Crippen molar-refractivity contribution >= 4 is 22.7 Å². The highest BCUT2D eigenvalue weighted by atomic mass is 16.2. The van der Waals surface area contributed by atoms with Gasteiger partial charge in [0.15, 0.2) is 0 Å². The lowest BCUT2D eigenvalue weighted by Gasteiger charge is -2.28. The van der Waals surface area contributed by atoms with Gasteiger partial charge >= 0.3 is 0 Å². The highest BCUT2D eigenvalue weighted by Gasteiger charge is 2.37. The SMILES string of the molecule is NC(Cc1c[nH]c2ccccc12)C(=O)N1CCCC1C(=O)NC(Cc1ccccn1)c1ccccc1. The fourth-order valence-corrected chi connectivity index (χ4v) is 5.07. The van der Waals surface area contributed by atoms with E-state index in [1.165, 1.54) is 0 Å². The molecule has 0 radical (unpaired) electrons. The van der Waals surface area contributed by atoms with Crippen molar-refractivity contribution in [2.45, 2.75) is 43.8 Å². The number of amides is 2. The zero-order valence-electron chi connectivity index (χ0n) is 20.1. The lowest BCUT2D eigenvalue weighted by molar-refractivity contribution is -0.139. The van der Waals surface area contributed by atoms with E-state index in [0.29, 0.717) is 25.8 Å². The molecule has 3 heterocycles. The number of nitrogens with zero attached hydrogens (tertiary/aromatic N) is 2. The van der Waals surface area contributed by atoms with Crippen LogP contribution in [0.4, 0.5) is 0 Å². The molecule has 0 saturated carbocycles. The molecule has 4 aromatic rings. The number of aromatic nitrogens is 2. The molecule has 4 N–H and O–H groups in total.